The van der Waals surface area contributed by atoms with Gasteiger partial charge in [-0.15, -0.1) is 0 Å². The average Bonchev–Trinajstić information content (AvgIpc) is 3.39. The number of hydrogen-bond donors (Lipinski definition) is 2. The number of fused-ring (bicyclic) bond motifs is 3. The van der Waals surface area contributed by atoms with Crippen LogP contribution in [0.2, 0.25) is 0 Å². The number of rotatable bonds is 4. The van der Waals surface area contributed by atoms with Gasteiger partial charge in [0.1, 0.15) is 11.4 Å². The van der Waals surface area contributed by atoms with E-state index in [4.69, 9.17) is 4.42 Å². The van der Waals surface area contributed by atoms with Crippen LogP contribution in [0.3, 0.4) is 0 Å². The minimum atomic E-state index is -4.40. The van der Waals surface area contributed by atoms with Crippen LogP contribution in [-0.4, -0.2) is 50.2 Å². The predicted octanol–water partition coefficient (Wildman–Crippen LogP) is 3.14. The summed E-state index contributed by atoms with van der Waals surface area (Å²) in [6.07, 6.45) is 0.288. The molecule has 2 unspecified atom stereocenters. The maximum atomic E-state index is 12.9. The number of halogens is 3. The van der Waals surface area contributed by atoms with E-state index in [1.165, 1.54) is 6.07 Å². The molecule has 2 N–H and O–H groups in total. The molecule has 12 heteroatoms. The highest BCUT2D eigenvalue weighted by atomic mass is 19.4. The summed E-state index contributed by atoms with van der Waals surface area (Å²) >= 11 is 0. The zero-order chi connectivity index (χ0) is 25.0. The van der Waals surface area contributed by atoms with Gasteiger partial charge < -0.3 is 9.32 Å². The third kappa shape index (κ3) is 3.96. The van der Waals surface area contributed by atoms with E-state index in [9.17, 15) is 22.8 Å². The Balaban J connectivity index is 1.22. The topological polar surface area (TPSA) is 111 Å². The summed E-state index contributed by atoms with van der Waals surface area (Å²) in [6, 6.07) is 7.96. The van der Waals surface area contributed by atoms with Crippen LogP contribution in [0.15, 0.2) is 56.7 Å². The SMILES string of the molecule is O=c1[nH]c(=O)c2cc(-c3n[nH]cc3CN3C4CCC3CN(c3ccc(C(F)(F)F)cn3)C4)ccc2o1. The van der Waals surface area contributed by atoms with Gasteiger partial charge in [-0.05, 0) is 43.2 Å². The van der Waals surface area contributed by atoms with Crippen molar-refractivity contribution in [2.45, 2.75) is 37.6 Å². The number of nitrogens with one attached hydrogen (secondary N) is 2. The van der Waals surface area contributed by atoms with E-state index in [-0.39, 0.29) is 23.1 Å². The molecule has 186 valence electrons. The molecule has 2 aliphatic rings. The number of pyridine rings is 1. The normalized spacial score (nSPS) is 20.4. The fraction of sp³-hybridized carbons (Fsp3) is 0.333. The second-order valence-electron chi connectivity index (χ2n) is 9.18. The van der Waals surface area contributed by atoms with Crippen LogP contribution in [0.5, 0.6) is 0 Å². The highest BCUT2D eigenvalue weighted by molar-refractivity contribution is 5.82. The lowest BCUT2D eigenvalue weighted by molar-refractivity contribution is -0.137. The number of anilines is 1. The molecule has 4 aromatic rings. The van der Waals surface area contributed by atoms with Crippen LogP contribution in [0.1, 0.15) is 24.0 Å². The lowest BCUT2D eigenvalue weighted by atomic mass is 10.0. The van der Waals surface area contributed by atoms with Gasteiger partial charge in [-0.2, -0.15) is 18.3 Å². The van der Waals surface area contributed by atoms with E-state index in [1.54, 1.807) is 18.2 Å². The summed E-state index contributed by atoms with van der Waals surface area (Å²) in [6.45, 7) is 1.98. The van der Waals surface area contributed by atoms with Crippen LogP contribution in [-0.2, 0) is 12.7 Å². The van der Waals surface area contributed by atoms with Crippen molar-refractivity contribution < 1.29 is 17.6 Å². The van der Waals surface area contributed by atoms with Gasteiger partial charge in [0.2, 0.25) is 0 Å². The number of aromatic nitrogens is 4. The van der Waals surface area contributed by atoms with Gasteiger partial charge in [0.15, 0.2) is 0 Å². The summed E-state index contributed by atoms with van der Waals surface area (Å²) < 4.78 is 43.7. The number of H-pyrrole nitrogens is 2. The van der Waals surface area contributed by atoms with Crippen molar-refractivity contribution in [3.63, 3.8) is 0 Å². The largest absolute Gasteiger partial charge is 0.419 e. The first-order valence-electron chi connectivity index (χ1n) is 11.5. The van der Waals surface area contributed by atoms with Gasteiger partial charge >= 0.3 is 11.9 Å². The van der Waals surface area contributed by atoms with Crippen molar-refractivity contribution in [3.05, 3.63) is 74.8 Å². The molecule has 2 bridgehead atoms. The molecular weight excluding hydrogens is 477 g/mol. The van der Waals surface area contributed by atoms with Gasteiger partial charge in [0.25, 0.3) is 5.56 Å². The minimum absolute atomic E-state index is 0.204. The smallest absolute Gasteiger partial charge is 0.409 e. The molecular formula is C24H21F3N6O3. The van der Waals surface area contributed by atoms with E-state index < -0.39 is 23.1 Å². The Bertz CT molecular complexity index is 1530. The van der Waals surface area contributed by atoms with E-state index in [1.807, 2.05) is 6.20 Å². The Hall–Kier alpha value is -3.93. The number of piperazine rings is 1. The molecule has 0 spiro atoms. The third-order valence-electron chi connectivity index (χ3n) is 7.02. The Morgan fingerprint density at radius 3 is 2.56 bits per heavy atom. The van der Waals surface area contributed by atoms with Gasteiger partial charge in [-0.25, -0.2) is 9.78 Å². The lowest BCUT2D eigenvalue weighted by Gasteiger charge is -2.41. The first-order chi connectivity index (χ1) is 17.3. The lowest BCUT2D eigenvalue weighted by Crippen LogP contribution is -2.53. The second kappa shape index (κ2) is 8.33. The Labute approximate surface area is 201 Å². The first-order valence-corrected chi connectivity index (χ1v) is 11.5. The number of alkyl halides is 3. The molecule has 9 nitrogen and oxygen atoms in total. The predicted molar refractivity (Wildman–Crippen MR) is 124 cm³/mol. The summed E-state index contributed by atoms with van der Waals surface area (Å²) in [4.78, 5) is 34.3. The van der Waals surface area contributed by atoms with Crippen LogP contribution in [0.4, 0.5) is 19.0 Å². The molecule has 1 aromatic carbocycles. The molecule has 2 aliphatic heterocycles. The van der Waals surface area contributed by atoms with Crippen LogP contribution < -0.4 is 16.2 Å². The minimum Gasteiger partial charge on any atom is -0.409 e. The summed E-state index contributed by atoms with van der Waals surface area (Å²) in [5, 5.41) is 7.57. The van der Waals surface area contributed by atoms with E-state index in [0.717, 1.165) is 36.2 Å². The van der Waals surface area contributed by atoms with Crippen molar-refractivity contribution in [1.29, 1.82) is 0 Å². The molecule has 2 saturated heterocycles. The standard InChI is InChI=1S/C24H21F3N6O3/c25-24(26,27)15-2-6-20(28-9-15)32-11-16-3-4-17(12-32)33(16)10-14-8-29-31-21(14)13-1-5-19-18(7-13)22(34)30-23(35)36-19/h1-2,5-9,16-17H,3-4,10-12H2,(H,29,31)(H,30,34,35). The Morgan fingerprint density at radius 1 is 1.08 bits per heavy atom. The quantitative estimate of drug-likeness (QED) is 0.445. The number of hydrogen-bond acceptors (Lipinski definition) is 7. The van der Waals surface area contributed by atoms with Crippen molar-refractivity contribution in [3.8, 4) is 11.3 Å². The fourth-order valence-corrected chi connectivity index (χ4v) is 5.29. The Kier molecular flexibility index (Phi) is 5.21. The van der Waals surface area contributed by atoms with E-state index in [2.05, 4.69) is 30.0 Å². The first kappa shape index (κ1) is 22.5. The van der Waals surface area contributed by atoms with Gasteiger partial charge in [0, 0.05) is 55.2 Å². The second-order valence-corrected chi connectivity index (χ2v) is 9.18. The van der Waals surface area contributed by atoms with Gasteiger partial charge in [-0.3, -0.25) is 19.8 Å². The molecule has 6 rings (SSSR count). The number of nitrogens with zero attached hydrogens (tertiary/aromatic N) is 4. The van der Waals surface area contributed by atoms with Crippen LogP contribution in [0.25, 0.3) is 22.2 Å². The van der Waals surface area contributed by atoms with E-state index in [0.29, 0.717) is 31.1 Å². The molecule has 3 aromatic heterocycles. The summed E-state index contributed by atoms with van der Waals surface area (Å²) in [7, 11) is 0. The fourth-order valence-electron chi connectivity index (χ4n) is 5.29. The van der Waals surface area contributed by atoms with Crippen LogP contribution in [0, 0.1) is 0 Å². The molecule has 2 fully saturated rings. The number of aromatic amines is 2. The molecule has 0 radical (unpaired) electrons. The molecule has 5 heterocycles. The van der Waals surface area contributed by atoms with Crippen LogP contribution >= 0.6 is 0 Å². The van der Waals surface area contributed by atoms with E-state index >= 15 is 0 Å². The molecule has 36 heavy (non-hydrogen) atoms. The highest BCUT2D eigenvalue weighted by Crippen LogP contribution is 2.36. The number of benzene rings is 1. The zero-order valence-corrected chi connectivity index (χ0v) is 18.9. The maximum Gasteiger partial charge on any atom is 0.419 e. The van der Waals surface area contributed by atoms with Crippen molar-refractivity contribution in [2.75, 3.05) is 18.0 Å². The highest BCUT2D eigenvalue weighted by Gasteiger charge is 2.41. The van der Waals surface area contributed by atoms with Gasteiger partial charge in [-0.1, -0.05) is 0 Å². The van der Waals surface area contributed by atoms with Crippen molar-refractivity contribution in [1.82, 2.24) is 25.1 Å². The summed E-state index contributed by atoms with van der Waals surface area (Å²) in [5.74, 6) is -0.251. The third-order valence-corrected chi connectivity index (χ3v) is 7.02. The monoisotopic (exact) mass is 498 g/mol. The molecule has 2 atom stereocenters. The molecule has 0 saturated carbocycles. The zero-order valence-electron chi connectivity index (χ0n) is 18.9. The van der Waals surface area contributed by atoms with Gasteiger partial charge in [0.05, 0.1) is 16.6 Å². The molecule has 0 amide bonds. The van der Waals surface area contributed by atoms with Crippen molar-refractivity contribution >= 4 is 16.8 Å². The molecule has 0 aliphatic carbocycles. The Morgan fingerprint density at radius 2 is 1.86 bits per heavy atom. The van der Waals surface area contributed by atoms with Crippen molar-refractivity contribution in [2.24, 2.45) is 0 Å². The average molecular weight is 498 g/mol. The maximum absolute atomic E-state index is 12.9. The summed E-state index contributed by atoms with van der Waals surface area (Å²) in [5.41, 5.74) is 1.31.